The number of alkyl halides is 3. The topological polar surface area (TPSA) is 117 Å². The van der Waals surface area contributed by atoms with Crippen LogP contribution in [-0.4, -0.2) is 110 Å². The van der Waals surface area contributed by atoms with E-state index < -0.39 is 24.0 Å². The molecule has 2 aliphatic rings. The Balaban J connectivity index is 1.38. The number of hydrogen-bond donors (Lipinski definition) is 1. The number of halogens is 3. The number of piperazine rings is 2. The molecule has 14 heteroatoms. The third kappa shape index (κ3) is 6.75. The predicted octanol–water partition coefficient (Wildman–Crippen LogP) is 3.34. The van der Waals surface area contributed by atoms with Crippen LogP contribution in [0.15, 0.2) is 78.9 Å². The lowest BCUT2D eigenvalue weighted by Crippen LogP contribution is -2.68. The van der Waals surface area contributed by atoms with Crippen molar-refractivity contribution in [3.8, 4) is 11.4 Å². The van der Waals surface area contributed by atoms with Crippen LogP contribution < -0.4 is 4.74 Å². The van der Waals surface area contributed by atoms with Gasteiger partial charge in [-0.1, -0.05) is 60.7 Å². The van der Waals surface area contributed by atoms with Gasteiger partial charge in [-0.25, -0.2) is 0 Å². The van der Waals surface area contributed by atoms with Crippen molar-refractivity contribution in [2.75, 3.05) is 39.8 Å². The minimum Gasteiger partial charge on any atom is -0.496 e. The summed E-state index contributed by atoms with van der Waals surface area (Å²) in [5.74, 6) is -1.97. The molecule has 0 bridgehead atoms. The number of rotatable bonds is 10. The van der Waals surface area contributed by atoms with Crippen LogP contribution in [0.2, 0.25) is 0 Å². The van der Waals surface area contributed by atoms with Gasteiger partial charge in [0.15, 0.2) is 6.04 Å². The standard InChI is InChI=1S/C33H34F3N7O4/c1-47-29-13-12-25(43-32(33(34,35)36)37-38-39-43)16-24(29)17-40-18-26-19-41(28(21-44)31(45)46)14-15-42(26)27(20-40)30(22-8-4-2-5-9-22)23-10-6-3-7-11-23/h2-13,16,21,26-28,30H,14-15,17-20H2,1H3,(H,45,46)/t26-,27+,28?/m1/s1. The zero-order chi connectivity index (χ0) is 33.1. The van der Waals surface area contributed by atoms with E-state index in [2.05, 4.69) is 49.6 Å². The highest BCUT2D eigenvalue weighted by Crippen LogP contribution is 2.37. The van der Waals surface area contributed by atoms with Crippen LogP contribution in [0.25, 0.3) is 5.69 Å². The molecule has 47 heavy (non-hydrogen) atoms. The van der Waals surface area contributed by atoms with Crippen LogP contribution in [0.4, 0.5) is 13.2 Å². The Morgan fingerprint density at radius 1 is 1.00 bits per heavy atom. The second-order valence-electron chi connectivity index (χ2n) is 11.8. The smallest absolute Gasteiger partial charge is 0.453 e. The Morgan fingerprint density at radius 2 is 1.68 bits per heavy atom. The van der Waals surface area contributed by atoms with Crippen molar-refractivity contribution < 1.29 is 32.6 Å². The number of aliphatic carboxylic acids is 1. The molecule has 3 aromatic carbocycles. The highest BCUT2D eigenvalue weighted by molar-refractivity contribution is 5.90. The van der Waals surface area contributed by atoms with E-state index >= 15 is 0 Å². The minimum atomic E-state index is -4.75. The Bertz CT molecular complexity index is 1650. The first-order valence-electron chi connectivity index (χ1n) is 15.2. The van der Waals surface area contributed by atoms with Crippen LogP contribution in [0.1, 0.15) is 28.4 Å². The number of nitrogens with zero attached hydrogens (tertiary/aromatic N) is 7. The van der Waals surface area contributed by atoms with Crippen molar-refractivity contribution in [3.05, 3.63) is 101 Å². The van der Waals surface area contributed by atoms with Crippen molar-refractivity contribution in [2.24, 2.45) is 0 Å². The zero-order valence-corrected chi connectivity index (χ0v) is 25.6. The fraction of sp³-hybridized carbons (Fsp3) is 0.364. The molecular weight excluding hydrogens is 615 g/mol. The normalized spacial score (nSPS) is 20.1. The third-order valence-electron chi connectivity index (χ3n) is 9.00. The van der Waals surface area contributed by atoms with E-state index in [-0.39, 0.29) is 23.7 Å². The van der Waals surface area contributed by atoms with Gasteiger partial charge in [0.1, 0.15) is 12.0 Å². The molecule has 11 nitrogen and oxygen atoms in total. The predicted molar refractivity (Wildman–Crippen MR) is 164 cm³/mol. The summed E-state index contributed by atoms with van der Waals surface area (Å²) in [7, 11) is 1.50. The van der Waals surface area contributed by atoms with Gasteiger partial charge in [0.25, 0.3) is 5.82 Å². The Morgan fingerprint density at radius 3 is 2.28 bits per heavy atom. The molecule has 0 amide bonds. The summed E-state index contributed by atoms with van der Waals surface area (Å²) in [6, 6.07) is 23.6. The maximum atomic E-state index is 13.6. The van der Waals surface area contributed by atoms with Crippen LogP contribution >= 0.6 is 0 Å². The lowest BCUT2D eigenvalue weighted by Gasteiger charge is -2.54. The molecular formula is C33H34F3N7O4. The average molecular weight is 650 g/mol. The second kappa shape index (κ2) is 13.6. The van der Waals surface area contributed by atoms with E-state index in [1.165, 1.54) is 13.2 Å². The van der Waals surface area contributed by atoms with Gasteiger partial charge in [0.05, 0.1) is 12.8 Å². The van der Waals surface area contributed by atoms with Gasteiger partial charge in [0.2, 0.25) is 0 Å². The van der Waals surface area contributed by atoms with Gasteiger partial charge >= 0.3 is 12.1 Å². The number of fused-ring (bicyclic) bond motifs is 1. The molecule has 1 aromatic heterocycles. The summed E-state index contributed by atoms with van der Waals surface area (Å²) in [5.41, 5.74) is 3.03. The summed E-state index contributed by atoms with van der Waals surface area (Å²) in [5, 5.41) is 19.8. The molecule has 1 unspecified atom stereocenters. The zero-order valence-electron chi connectivity index (χ0n) is 25.6. The number of carboxylic acids is 1. The van der Waals surface area contributed by atoms with Crippen molar-refractivity contribution in [1.29, 1.82) is 0 Å². The molecule has 4 aromatic rings. The Kier molecular flexibility index (Phi) is 9.34. The lowest BCUT2D eigenvalue weighted by molar-refractivity contribution is -0.148. The van der Waals surface area contributed by atoms with E-state index in [9.17, 15) is 27.9 Å². The first-order chi connectivity index (χ1) is 22.7. The molecule has 3 atom stereocenters. The van der Waals surface area contributed by atoms with E-state index in [0.717, 1.165) is 11.1 Å². The maximum Gasteiger partial charge on any atom is 0.453 e. The number of methoxy groups -OCH3 is 1. The van der Waals surface area contributed by atoms with E-state index in [0.29, 0.717) is 61.5 Å². The molecule has 2 fully saturated rings. The van der Waals surface area contributed by atoms with Gasteiger partial charge in [-0.2, -0.15) is 17.9 Å². The molecule has 0 radical (unpaired) electrons. The fourth-order valence-corrected chi connectivity index (χ4v) is 6.97. The van der Waals surface area contributed by atoms with Gasteiger partial charge < -0.3 is 14.6 Å². The largest absolute Gasteiger partial charge is 0.496 e. The molecule has 1 N–H and O–H groups in total. The number of benzene rings is 3. The summed E-state index contributed by atoms with van der Waals surface area (Å²) in [6.07, 6.45) is -4.28. The first-order valence-corrected chi connectivity index (χ1v) is 15.2. The molecule has 0 saturated carbocycles. The van der Waals surface area contributed by atoms with Crippen molar-refractivity contribution >= 4 is 12.3 Å². The monoisotopic (exact) mass is 649 g/mol. The highest BCUT2D eigenvalue weighted by atomic mass is 19.4. The van der Waals surface area contributed by atoms with Crippen molar-refractivity contribution in [1.82, 2.24) is 34.9 Å². The summed E-state index contributed by atoms with van der Waals surface area (Å²) >= 11 is 0. The third-order valence-corrected chi connectivity index (χ3v) is 9.00. The molecule has 246 valence electrons. The quantitative estimate of drug-likeness (QED) is 0.203. The molecule has 0 aliphatic carbocycles. The molecule has 0 spiro atoms. The van der Waals surface area contributed by atoms with E-state index in [1.807, 2.05) is 36.4 Å². The summed E-state index contributed by atoms with van der Waals surface area (Å²) < 4.78 is 47.2. The number of hydrogen-bond acceptors (Lipinski definition) is 9. The molecule has 2 saturated heterocycles. The van der Waals surface area contributed by atoms with Crippen molar-refractivity contribution in [2.45, 2.75) is 36.8 Å². The number of carbonyl (C=O) groups is 2. The first kappa shape index (κ1) is 32.3. The number of aldehydes is 1. The number of carboxylic acid groups (broad SMARTS) is 1. The number of ether oxygens (including phenoxy) is 1. The average Bonchev–Trinajstić information content (AvgIpc) is 3.57. The van der Waals surface area contributed by atoms with Crippen LogP contribution in [0, 0.1) is 0 Å². The second-order valence-corrected chi connectivity index (χ2v) is 11.8. The van der Waals surface area contributed by atoms with Gasteiger partial charge in [-0.05, 0) is 39.8 Å². The SMILES string of the molecule is COc1ccc(-n2nnnc2C(F)(F)F)cc1CN1C[C@@H]2CN(C(C=O)C(=O)O)CCN2[C@H](C(c2ccccc2)c2ccccc2)C1. The van der Waals surface area contributed by atoms with Gasteiger partial charge in [-0.15, -0.1) is 5.10 Å². The molecule has 6 rings (SSSR count). The summed E-state index contributed by atoms with van der Waals surface area (Å²) in [6.45, 7) is 2.80. The van der Waals surface area contributed by atoms with Gasteiger partial charge in [0, 0.05) is 62.8 Å². The van der Waals surface area contributed by atoms with E-state index in [4.69, 9.17) is 4.74 Å². The minimum absolute atomic E-state index is 0.0422. The number of carbonyl (C=O) groups excluding carboxylic acids is 1. The molecule has 3 heterocycles. The number of aromatic nitrogens is 4. The van der Waals surface area contributed by atoms with Crippen LogP contribution in [-0.2, 0) is 22.3 Å². The fourth-order valence-electron chi connectivity index (χ4n) is 6.97. The lowest BCUT2D eigenvalue weighted by atomic mass is 9.81. The summed E-state index contributed by atoms with van der Waals surface area (Å²) in [4.78, 5) is 30.1. The number of tetrazole rings is 1. The van der Waals surface area contributed by atoms with Gasteiger partial charge in [-0.3, -0.25) is 19.5 Å². The Labute approximate surface area is 269 Å². The Hall–Kier alpha value is -4.66. The van der Waals surface area contributed by atoms with Crippen LogP contribution in [0.3, 0.4) is 0 Å². The van der Waals surface area contributed by atoms with Crippen LogP contribution in [0.5, 0.6) is 5.75 Å². The van der Waals surface area contributed by atoms with E-state index in [1.54, 1.807) is 17.0 Å². The maximum absolute atomic E-state index is 13.6. The van der Waals surface area contributed by atoms with Crippen molar-refractivity contribution in [3.63, 3.8) is 0 Å². The molecule has 2 aliphatic heterocycles. The highest BCUT2D eigenvalue weighted by Gasteiger charge is 2.44.